The Bertz CT molecular complexity index is 343. The molecule has 1 rings (SSSR count). The van der Waals surface area contributed by atoms with Gasteiger partial charge in [0.2, 0.25) is 11.8 Å². The van der Waals surface area contributed by atoms with E-state index in [1.54, 1.807) is 13.8 Å². The Morgan fingerprint density at radius 2 is 2.17 bits per heavy atom. The molecule has 5 nitrogen and oxygen atoms in total. The maximum Gasteiger partial charge on any atom is 0.242 e. The number of hydrogen-bond acceptors (Lipinski definition) is 5. The molecule has 0 N–H and O–H groups in total. The highest BCUT2D eigenvalue weighted by atomic mass is 32.2. The SMILES string of the molecule is CN1C(=O)CC(SCCCOC(C)(C)C=O)C1=O. The van der Waals surface area contributed by atoms with Crippen molar-refractivity contribution in [1.82, 2.24) is 4.90 Å². The van der Waals surface area contributed by atoms with Gasteiger partial charge in [0.05, 0.1) is 5.25 Å². The van der Waals surface area contributed by atoms with Crippen LogP contribution in [-0.2, 0) is 19.1 Å². The molecule has 1 saturated heterocycles. The monoisotopic (exact) mass is 273 g/mol. The fourth-order valence-electron chi connectivity index (χ4n) is 1.51. The first kappa shape index (κ1) is 15.2. The zero-order chi connectivity index (χ0) is 13.8. The molecule has 0 aromatic heterocycles. The van der Waals surface area contributed by atoms with E-state index in [9.17, 15) is 14.4 Å². The van der Waals surface area contributed by atoms with Crippen LogP contribution in [0, 0.1) is 0 Å². The van der Waals surface area contributed by atoms with E-state index in [2.05, 4.69) is 0 Å². The summed E-state index contributed by atoms with van der Waals surface area (Å²) in [6.07, 6.45) is 1.82. The minimum absolute atomic E-state index is 0.112. The minimum atomic E-state index is -0.746. The maximum atomic E-state index is 11.6. The lowest BCUT2D eigenvalue weighted by Crippen LogP contribution is -2.27. The average molecular weight is 273 g/mol. The van der Waals surface area contributed by atoms with Crippen LogP contribution < -0.4 is 0 Å². The summed E-state index contributed by atoms with van der Waals surface area (Å²) < 4.78 is 5.37. The van der Waals surface area contributed by atoms with E-state index >= 15 is 0 Å². The Kier molecular flexibility index (Phi) is 5.34. The van der Waals surface area contributed by atoms with E-state index in [1.165, 1.54) is 23.7 Å². The average Bonchev–Trinajstić information content (AvgIpc) is 2.56. The lowest BCUT2D eigenvalue weighted by atomic mass is 10.2. The van der Waals surface area contributed by atoms with Crippen molar-refractivity contribution < 1.29 is 19.1 Å². The number of imide groups is 1. The number of nitrogens with zero attached hydrogens (tertiary/aromatic N) is 1. The smallest absolute Gasteiger partial charge is 0.242 e. The Balaban J connectivity index is 2.18. The van der Waals surface area contributed by atoms with Gasteiger partial charge in [-0.2, -0.15) is 0 Å². The molecule has 1 aliphatic rings. The van der Waals surface area contributed by atoms with Gasteiger partial charge in [0.15, 0.2) is 6.29 Å². The Morgan fingerprint density at radius 1 is 1.50 bits per heavy atom. The molecule has 2 amide bonds. The number of aldehydes is 1. The first-order valence-corrected chi connectivity index (χ1v) is 6.94. The van der Waals surface area contributed by atoms with Gasteiger partial charge in [-0.1, -0.05) is 0 Å². The predicted octanol–water partition coefficient (Wildman–Crippen LogP) is 0.861. The number of hydrogen-bond donors (Lipinski definition) is 0. The topological polar surface area (TPSA) is 63.7 Å². The van der Waals surface area contributed by atoms with Crippen molar-refractivity contribution in [2.24, 2.45) is 0 Å². The van der Waals surface area contributed by atoms with E-state index < -0.39 is 5.60 Å². The molecule has 1 unspecified atom stereocenters. The Morgan fingerprint density at radius 3 is 2.67 bits per heavy atom. The van der Waals surface area contributed by atoms with Crippen LogP contribution >= 0.6 is 11.8 Å². The van der Waals surface area contributed by atoms with Gasteiger partial charge in [-0.15, -0.1) is 11.8 Å². The predicted molar refractivity (Wildman–Crippen MR) is 69.4 cm³/mol. The van der Waals surface area contributed by atoms with Crippen LogP contribution in [0.5, 0.6) is 0 Å². The summed E-state index contributed by atoms with van der Waals surface area (Å²) in [6, 6.07) is 0. The van der Waals surface area contributed by atoms with Crippen molar-refractivity contribution in [2.45, 2.75) is 37.5 Å². The third kappa shape index (κ3) is 4.10. The molecule has 1 heterocycles. The molecule has 0 aromatic rings. The molecular weight excluding hydrogens is 254 g/mol. The van der Waals surface area contributed by atoms with Crippen LogP contribution in [0.3, 0.4) is 0 Å². The second-order valence-corrected chi connectivity index (χ2v) is 6.09. The number of likely N-dealkylation sites (tertiary alicyclic amines) is 1. The van der Waals surface area contributed by atoms with Gasteiger partial charge >= 0.3 is 0 Å². The Hall–Kier alpha value is -0.880. The fraction of sp³-hybridized carbons (Fsp3) is 0.750. The lowest BCUT2D eigenvalue weighted by molar-refractivity contribution is -0.136. The van der Waals surface area contributed by atoms with Crippen LogP contribution in [0.25, 0.3) is 0 Å². The summed E-state index contributed by atoms with van der Waals surface area (Å²) in [7, 11) is 1.51. The summed E-state index contributed by atoms with van der Waals surface area (Å²) in [5, 5.41) is -0.249. The highest BCUT2D eigenvalue weighted by molar-refractivity contribution is 8.00. The molecule has 0 radical (unpaired) electrons. The van der Waals surface area contributed by atoms with Gasteiger partial charge in [0, 0.05) is 20.1 Å². The molecule has 1 aliphatic heterocycles. The van der Waals surface area contributed by atoms with E-state index in [4.69, 9.17) is 4.74 Å². The lowest BCUT2D eigenvalue weighted by Gasteiger charge is -2.17. The van der Waals surface area contributed by atoms with Crippen LogP contribution in [0.1, 0.15) is 26.7 Å². The fourth-order valence-corrected chi connectivity index (χ4v) is 2.64. The first-order valence-electron chi connectivity index (χ1n) is 5.89. The van der Waals surface area contributed by atoms with Crippen LogP contribution in [0.2, 0.25) is 0 Å². The second kappa shape index (κ2) is 6.33. The van der Waals surface area contributed by atoms with Crippen LogP contribution in [-0.4, -0.2) is 53.3 Å². The van der Waals surface area contributed by atoms with E-state index in [0.717, 1.165) is 18.5 Å². The molecule has 0 aromatic carbocycles. The molecule has 18 heavy (non-hydrogen) atoms. The van der Waals surface area contributed by atoms with Gasteiger partial charge < -0.3 is 9.53 Å². The van der Waals surface area contributed by atoms with Crippen molar-refractivity contribution >= 4 is 29.9 Å². The summed E-state index contributed by atoms with van der Waals surface area (Å²) >= 11 is 1.48. The maximum absolute atomic E-state index is 11.6. The molecule has 0 bridgehead atoms. The third-order valence-corrected chi connectivity index (χ3v) is 4.00. The molecule has 0 saturated carbocycles. The summed E-state index contributed by atoms with van der Waals surface area (Å²) in [5.41, 5.74) is -0.746. The number of rotatable bonds is 7. The van der Waals surface area contributed by atoms with Gasteiger partial charge in [0.25, 0.3) is 0 Å². The van der Waals surface area contributed by atoms with Crippen LogP contribution in [0.15, 0.2) is 0 Å². The van der Waals surface area contributed by atoms with E-state index in [-0.39, 0.29) is 17.1 Å². The largest absolute Gasteiger partial charge is 0.368 e. The van der Waals surface area contributed by atoms with Gasteiger partial charge in [0.1, 0.15) is 5.60 Å². The van der Waals surface area contributed by atoms with Crippen molar-refractivity contribution in [3.05, 3.63) is 0 Å². The quantitative estimate of drug-likeness (QED) is 0.391. The van der Waals surface area contributed by atoms with Gasteiger partial charge in [-0.05, 0) is 26.0 Å². The van der Waals surface area contributed by atoms with Gasteiger partial charge in [-0.25, -0.2) is 0 Å². The van der Waals surface area contributed by atoms with E-state index in [1.807, 2.05) is 0 Å². The molecule has 6 heteroatoms. The Labute approximate surface area is 111 Å². The molecule has 1 atom stereocenters. The highest BCUT2D eigenvalue weighted by Gasteiger charge is 2.35. The first-order chi connectivity index (χ1) is 8.37. The zero-order valence-corrected chi connectivity index (χ0v) is 11.8. The molecule has 0 aliphatic carbocycles. The molecular formula is C12H19NO4S. The number of carbonyl (C=O) groups is 3. The van der Waals surface area contributed by atoms with Crippen molar-refractivity contribution in [3.63, 3.8) is 0 Å². The normalized spacial score (nSPS) is 20.6. The summed E-state index contributed by atoms with van der Waals surface area (Å²) in [4.78, 5) is 34.7. The van der Waals surface area contributed by atoms with E-state index in [0.29, 0.717) is 13.0 Å². The van der Waals surface area contributed by atoms with Crippen molar-refractivity contribution in [2.75, 3.05) is 19.4 Å². The summed E-state index contributed by atoms with van der Waals surface area (Å²) in [6.45, 7) is 3.89. The minimum Gasteiger partial charge on any atom is -0.368 e. The second-order valence-electron chi connectivity index (χ2n) is 4.78. The van der Waals surface area contributed by atoms with Crippen molar-refractivity contribution in [1.29, 1.82) is 0 Å². The number of carbonyl (C=O) groups excluding carboxylic acids is 3. The van der Waals surface area contributed by atoms with Crippen LogP contribution in [0.4, 0.5) is 0 Å². The summed E-state index contributed by atoms with van der Waals surface area (Å²) in [5.74, 6) is 0.516. The molecule has 1 fully saturated rings. The molecule has 102 valence electrons. The third-order valence-electron chi connectivity index (χ3n) is 2.71. The standard InChI is InChI=1S/C12H19NO4S/c1-12(2,8-14)17-5-4-6-18-9-7-10(15)13(3)11(9)16/h8-9H,4-7H2,1-3H3. The van der Waals surface area contributed by atoms with Gasteiger partial charge in [-0.3, -0.25) is 14.5 Å². The zero-order valence-electron chi connectivity index (χ0n) is 11.0. The number of amides is 2. The number of ether oxygens (including phenoxy) is 1. The molecule has 0 spiro atoms. The highest BCUT2D eigenvalue weighted by Crippen LogP contribution is 2.24. The number of thioether (sulfide) groups is 1. The van der Waals surface area contributed by atoms with Crippen molar-refractivity contribution in [3.8, 4) is 0 Å².